The zero-order valence-electron chi connectivity index (χ0n) is 30.5. The summed E-state index contributed by atoms with van der Waals surface area (Å²) in [5.41, 5.74) is -0.351. The Morgan fingerprint density at radius 2 is 1.80 bits per heavy atom. The average Bonchev–Trinajstić information content (AvgIpc) is 3.41. The molecule has 3 fully saturated rings. The van der Waals surface area contributed by atoms with Crippen LogP contribution in [0.5, 0.6) is 0 Å². The predicted octanol–water partition coefficient (Wildman–Crippen LogP) is 3.67. The van der Waals surface area contributed by atoms with Crippen LogP contribution < -0.4 is 26.6 Å². The number of fused-ring (bicyclic) bond motifs is 1. The lowest BCUT2D eigenvalue weighted by molar-refractivity contribution is -0.144. The number of carbonyl (C=O) groups is 5. The van der Waals surface area contributed by atoms with E-state index in [0.29, 0.717) is 31.0 Å². The number of rotatable bonds is 17. The predicted molar refractivity (Wildman–Crippen MR) is 199 cm³/mol. The fourth-order valence-electron chi connectivity index (χ4n) is 7.60. The quantitative estimate of drug-likeness (QED) is 0.0714. The number of urea groups is 1. The van der Waals surface area contributed by atoms with E-state index in [1.807, 2.05) is 27.7 Å². The molecule has 2 saturated carbocycles. The minimum Gasteiger partial charge on any atom is -0.346 e. The fourth-order valence-corrected chi connectivity index (χ4v) is 9.26. The Morgan fingerprint density at radius 3 is 2.43 bits per heavy atom. The van der Waals surface area contributed by atoms with Crippen molar-refractivity contribution in [3.05, 3.63) is 29.0 Å². The molecule has 1 aromatic rings. The van der Waals surface area contributed by atoms with E-state index in [1.54, 1.807) is 16.3 Å². The van der Waals surface area contributed by atoms with Crippen LogP contribution in [0.4, 0.5) is 4.79 Å². The first kappa shape index (κ1) is 40.8. The first-order valence-corrected chi connectivity index (χ1v) is 20.2. The van der Waals surface area contributed by atoms with Crippen LogP contribution in [-0.4, -0.2) is 87.3 Å². The van der Waals surface area contributed by atoms with Crippen molar-refractivity contribution in [1.29, 1.82) is 0 Å². The standard InChI is InChI=1S/C36H56N6O7S2/c1-7-12-24(31(43)33(45)38-16-8-2)39-32(44)30-28-21(3)23(28)20-42(30)34(46)29(22-13-10-9-11-14-22)41-35(47)40-27(36(4,5)6)19-37-18-25-26(51(48)49)15-17-50-25/h8,15,17,21-24,27-30,37,48-49H,2,7,9-14,16,18-20H2,1,3-6H3,(H3-,38,39,40,41,44,45,47)/p+1/t21?,23?,24?,27-,28+,29+,30+/m1/s1. The maximum absolute atomic E-state index is 14.5. The highest BCUT2D eigenvalue weighted by Crippen LogP contribution is 2.55. The topological polar surface area (TPSA) is 189 Å². The van der Waals surface area contributed by atoms with E-state index in [9.17, 15) is 33.1 Å². The number of Topliss-reactive ketones (excluding diaryl/α,β-unsaturated/α-hetero) is 1. The first-order valence-electron chi connectivity index (χ1n) is 18.2. The molecule has 0 radical (unpaired) electrons. The van der Waals surface area contributed by atoms with E-state index in [-0.39, 0.29) is 54.0 Å². The molecule has 0 aromatic carbocycles. The molecule has 284 valence electrons. The van der Waals surface area contributed by atoms with Crippen molar-refractivity contribution in [1.82, 2.24) is 31.5 Å². The second kappa shape index (κ2) is 18.2. The zero-order chi connectivity index (χ0) is 37.5. The van der Waals surface area contributed by atoms with Gasteiger partial charge in [-0.2, -0.15) is 9.11 Å². The molecule has 4 rings (SSSR count). The van der Waals surface area contributed by atoms with Gasteiger partial charge in [0.1, 0.15) is 12.1 Å². The van der Waals surface area contributed by atoms with Gasteiger partial charge in [-0.1, -0.05) is 66.4 Å². The highest BCUT2D eigenvalue weighted by atomic mass is 32.2. The number of thiophene rings is 1. The SMILES string of the molecule is C=CCNC(=O)C(=O)C(CCC)NC(=O)[C@@H]1[C@H]2C(C)C2CN1C(=O)[C@@H](NC(=O)N[C@H](CNCc1sccc1[S+](O)O)C(C)(C)C)C1CCCCC1. The van der Waals surface area contributed by atoms with Gasteiger partial charge in [0.15, 0.2) is 0 Å². The summed E-state index contributed by atoms with van der Waals surface area (Å²) in [4.78, 5) is 70.6. The van der Waals surface area contributed by atoms with Gasteiger partial charge in [-0.25, -0.2) is 4.79 Å². The Labute approximate surface area is 308 Å². The van der Waals surface area contributed by atoms with Gasteiger partial charge in [0.25, 0.3) is 5.91 Å². The van der Waals surface area contributed by atoms with Crippen LogP contribution in [-0.2, 0) is 37.2 Å². The van der Waals surface area contributed by atoms with Crippen LogP contribution >= 0.6 is 11.3 Å². The van der Waals surface area contributed by atoms with Gasteiger partial charge in [0.2, 0.25) is 22.5 Å². The number of hydrogen-bond donors (Lipinski definition) is 7. The zero-order valence-corrected chi connectivity index (χ0v) is 32.2. The number of likely N-dealkylation sites (tertiary alicyclic amines) is 1. The number of amides is 5. The number of ketones is 1. The van der Waals surface area contributed by atoms with E-state index in [0.717, 1.165) is 37.0 Å². The van der Waals surface area contributed by atoms with E-state index >= 15 is 0 Å². The molecule has 7 atom stereocenters. The van der Waals surface area contributed by atoms with E-state index < -0.39 is 53.2 Å². The molecule has 1 aliphatic heterocycles. The average molecular weight is 750 g/mol. The molecule has 1 saturated heterocycles. The third-order valence-corrected chi connectivity index (χ3v) is 12.5. The lowest BCUT2D eigenvalue weighted by atomic mass is 9.83. The fraction of sp³-hybridized carbons (Fsp3) is 0.694. The molecule has 2 heterocycles. The van der Waals surface area contributed by atoms with Crippen molar-refractivity contribution in [2.24, 2.45) is 29.1 Å². The Morgan fingerprint density at radius 1 is 1.10 bits per heavy atom. The smallest absolute Gasteiger partial charge is 0.346 e. The van der Waals surface area contributed by atoms with Gasteiger partial charge in [-0.15, -0.1) is 17.9 Å². The number of nitrogens with zero attached hydrogens (tertiary/aromatic N) is 1. The molecular weight excluding hydrogens is 693 g/mol. The van der Waals surface area contributed by atoms with E-state index in [1.165, 1.54) is 17.4 Å². The lowest BCUT2D eigenvalue weighted by Crippen LogP contribution is -2.61. The van der Waals surface area contributed by atoms with Crippen LogP contribution in [0.15, 0.2) is 29.0 Å². The first-order chi connectivity index (χ1) is 24.2. The summed E-state index contributed by atoms with van der Waals surface area (Å²) in [7, 11) is 0. The van der Waals surface area contributed by atoms with Gasteiger partial charge >= 0.3 is 17.5 Å². The molecule has 0 spiro atoms. The summed E-state index contributed by atoms with van der Waals surface area (Å²) in [5, 5.41) is 16.6. The molecule has 1 aromatic heterocycles. The molecule has 5 amide bonds. The van der Waals surface area contributed by atoms with Crippen LogP contribution in [0, 0.1) is 29.1 Å². The molecule has 13 nitrogen and oxygen atoms in total. The Hall–Kier alpha value is -2.98. The van der Waals surface area contributed by atoms with Crippen molar-refractivity contribution >= 4 is 52.3 Å². The molecule has 0 bridgehead atoms. The highest BCUT2D eigenvalue weighted by molar-refractivity contribution is 7.86. The monoisotopic (exact) mass is 749 g/mol. The summed E-state index contributed by atoms with van der Waals surface area (Å²) in [6, 6.07) is -1.77. The summed E-state index contributed by atoms with van der Waals surface area (Å²) in [6.07, 6.45) is 6.83. The number of nitrogens with one attached hydrogen (secondary N) is 5. The van der Waals surface area contributed by atoms with Gasteiger partial charge in [0, 0.05) is 38.3 Å². The van der Waals surface area contributed by atoms with Crippen LogP contribution in [0.25, 0.3) is 0 Å². The van der Waals surface area contributed by atoms with Gasteiger partial charge in [0.05, 0.1) is 10.9 Å². The third-order valence-electron chi connectivity index (χ3n) is 10.7. The van der Waals surface area contributed by atoms with Gasteiger partial charge in [-0.3, -0.25) is 19.2 Å². The van der Waals surface area contributed by atoms with Crippen molar-refractivity contribution < 1.29 is 33.1 Å². The molecular formula is C36H57N6O7S2+. The normalized spacial score (nSPS) is 23.5. The maximum Gasteiger partial charge on any atom is 0.352 e. The second-order valence-electron chi connectivity index (χ2n) is 15.3. The minimum absolute atomic E-state index is 0.0607. The van der Waals surface area contributed by atoms with Gasteiger partial charge < -0.3 is 31.5 Å². The highest BCUT2D eigenvalue weighted by Gasteiger charge is 2.63. The second-order valence-corrected chi connectivity index (χ2v) is 17.2. The Balaban J connectivity index is 1.48. The molecule has 3 aliphatic rings. The van der Waals surface area contributed by atoms with Gasteiger partial charge in [-0.05, 0) is 53.7 Å². The Kier molecular flexibility index (Phi) is 14.5. The lowest BCUT2D eigenvalue weighted by Gasteiger charge is -2.37. The number of carbonyl (C=O) groups excluding carboxylic acids is 5. The third kappa shape index (κ3) is 10.3. The summed E-state index contributed by atoms with van der Waals surface area (Å²) in [6.45, 7) is 14.9. The van der Waals surface area contributed by atoms with Crippen LogP contribution in [0.1, 0.15) is 84.4 Å². The summed E-state index contributed by atoms with van der Waals surface area (Å²) < 4.78 is 19.4. The van der Waals surface area contributed by atoms with Crippen LogP contribution in [0.2, 0.25) is 0 Å². The van der Waals surface area contributed by atoms with Crippen molar-refractivity contribution in [3.8, 4) is 0 Å². The molecule has 7 N–H and O–H groups in total. The van der Waals surface area contributed by atoms with Crippen molar-refractivity contribution in [2.45, 2.75) is 115 Å². The molecule has 15 heteroatoms. The number of hydrogen-bond acceptors (Lipinski definition) is 9. The van der Waals surface area contributed by atoms with E-state index in [2.05, 4.69) is 40.1 Å². The van der Waals surface area contributed by atoms with Crippen molar-refractivity contribution in [2.75, 3.05) is 19.6 Å². The molecule has 2 aliphatic carbocycles. The summed E-state index contributed by atoms with van der Waals surface area (Å²) >= 11 is -0.414. The maximum atomic E-state index is 14.5. The minimum atomic E-state index is -1.84. The molecule has 51 heavy (non-hydrogen) atoms. The number of piperidine rings is 1. The summed E-state index contributed by atoms with van der Waals surface area (Å²) in [5.74, 6) is -2.03. The largest absolute Gasteiger partial charge is 0.352 e. The molecule has 3 unspecified atom stereocenters. The van der Waals surface area contributed by atoms with Crippen molar-refractivity contribution in [3.63, 3.8) is 0 Å². The Bertz CT molecular complexity index is 1410. The van der Waals surface area contributed by atoms with E-state index in [4.69, 9.17) is 0 Å². The van der Waals surface area contributed by atoms with Crippen LogP contribution in [0.3, 0.4) is 0 Å².